The van der Waals surface area contributed by atoms with Gasteiger partial charge in [-0.05, 0) is 49.2 Å². The highest BCUT2D eigenvalue weighted by Gasteiger charge is 2.16. The first kappa shape index (κ1) is 18.7. The molecule has 1 aromatic carbocycles. The molecule has 1 atom stereocenters. The molecule has 0 fully saturated rings. The largest absolute Gasteiger partial charge is 0.350 e. The van der Waals surface area contributed by atoms with Crippen molar-refractivity contribution in [1.82, 2.24) is 34.7 Å². The molecule has 0 aliphatic heterocycles. The number of hydrogen-bond donors (Lipinski definition) is 1. The van der Waals surface area contributed by atoms with Gasteiger partial charge in [-0.25, -0.2) is 9.37 Å². The van der Waals surface area contributed by atoms with Crippen LogP contribution in [0.25, 0.3) is 17.0 Å². The lowest BCUT2D eigenvalue weighted by Gasteiger charge is -2.13. The smallest absolute Gasteiger partial charge is 0.270 e. The Balaban J connectivity index is 1.53. The van der Waals surface area contributed by atoms with Crippen molar-refractivity contribution >= 4 is 11.7 Å². The van der Waals surface area contributed by atoms with Crippen LogP contribution in [-0.2, 0) is 6.54 Å². The van der Waals surface area contributed by atoms with E-state index in [4.69, 9.17) is 0 Å². The first-order valence-corrected chi connectivity index (χ1v) is 9.24. The van der Waals surface area contributed by atoms with Crippen LogP contribution in [0.4, 0.5) is 4.39 Å². The Kier molecular flexibility index (Phi) is 5.03. The summed E-state index contributed by atoms with van der Waals surface area (Å²) >= 11 is 0. The summed E-state index contributed by atoms with van der Waals surface area (Å²) < 4.78 is 16.5. The number of carbonyl (C=O) groups excluding carboxylic acids is 1. The minimum atomic E-state index is -0.336. The number of nitrogens with one attached hydrogen (secondary N) is 1. The average Bonchev–Trinajstić information content (AvgIpc) is 3.34. The van der Waals surface area contributed by atoms with Crippen molar-refractivity contribution in [3.05, 3.63) is 66.1 Å². The highest BCUT2D eigenvalue weighted by molar-refractivity contribution is 5.94. The molecule has 0 spiro atoms. The third-order valence-corrected chi connectivity index (χ3v) is 4.51. The molecule has 0 aliphatic rings. The van der Waals surface area contributed by atoms with Gasteiger partial charge in [0, 0.05) is 24.8 Å². The molecule has 1 amide bonds. The molecular formula is C20H20FN7O. The van der Waals surface area contributed by atoms with E-state index in [1.807, 2.05) is 30.8 Å². The summed E-state index contributed by atoms with van der Waals surface area (Å²) in [6, 6.07) is 9.50. The molecular weight excluding hydrogens is 373 g/mol. The molecule has 0 aliphatic carbocycles. The van der Waals surface area contributed by atoms with E-state index in [9.17, 15) is 9.18 Å². The van der Waals surface area contributed by atoms with Gasteiger partial charge in [0.15, 0.2) is 0 Å². The fourth-order valence-corrected chi connectivity index (χ4v) is 3.05. The van der Waals surface area contributed by atoms with Crippen molar-refractivity contribution in [2.75, 3.05) is 6.54 Å². The first-order valence-electron chi connectivity index (χ1n) is 9.24. The maximum Gasteiger partial charge on any atom is 0.270 e. The van der Waals surface area contributed by atoms with Crippen LogP contribution >= 0.6 is 0 Å². The van der Waals surface area contributed by atoms with E-state index < -0.39 is 0 Å². The van der Waals surface area contributed by atoms with Gasteiger partial charge in [0.2, 0.25) is 0 Å². The molecule has 148 valence electrons. The summed E-state index contributed by atoms with van der Waals surface area (Å²) in [7, 11) is 0. The van der Waals surface area contributed by atoms with Crippen molar-refractivity contribution in [3.63, 3.8) is 0 Å². The van der Waals surface area contributed by atoms with Gasteiger partial charge in [-0.3, -0.25) is 9.48 Å². The van der Waals surface area contributed by atoms with Crippen molar-refractivity contribution in [2.45, 2.75) is 20.4 Å². The molecule has 0 radical (unpaired) electrons. The Morgan fingerprint density at radius 1 is 1.24 bits per heavy atom. The molecule has 9 heteroatoms. The fourth-order valence-electron chi connectivity index (χ4n) is 3.05. The predicted octanol–water partition coefficient (Wildman–Crippen LogP) is 2.50. The van der Waals surface area contributed by atoms with E-state index in [2.05, 4.69) is 25.5 Å². The number of carbonyl (C=O) groups is 1. The van der Waals surface area contributed by atoms with Gasteiger partial charge in [0.1, 0.15) is 17.8 Å². The number of fused-ring (bicyclic) bond motifs is 1. The molecule has 1 unspecified atom stereocenters. The second-order valence-corrected chi connectivity index (χ2v) is 7.00. The second-order valence-electron chi connectivity index (χ2n) is 7.00. The van der Waals surface area contributed by atoms with Crippen LogP contribution in [0.2, 0.25) is 0 Å². The summed E-state index contributed by atoms with van der Waals surface area (Å²) in [6.45, 7) is 5.15. The van der Waals surface area contributed by atoms with Crippen molar-refractivity contribution in [1.29, 1.82) is 0 Å². The molecule has 0 bridgehead atoms. The number of aryl methyl sites for hydroxylation is 1. The number of halogens is 1. The Hall–Kier alpha value is -3.62. The lowest BCUT2D eigenvalue weighted by molar-refractivity contribution is 0.0939. The zero-order chi connectivity index (χ0) is 20.4. The molecule has 0 saturated heterocycles. The molecule has 4 aromatic rings. The first-order chi connectivity index (χ1) is 14.0. The minimum absolute atomic E-state index is 0.183. The minimum Gasteiger partial charge on any atom is -0.350 e. The van der Waals surface area contributed by atoms with E-state index in [0.717, 1.165) is 5.69 Å². The third kappa shape index (κ3) is 4.13. The monoisotopic (exact) mass is 393 g/mol. The highest BCUT2D eigenvalue weighted by atomic mass is 19.1. The molecule has 3 heterocycles. The van der Waals surface area contributed by atoms with E-state index in [-0.39, 0.29) is 17.6 Å². The topological polar surface area (TPSA) is 90.0 Å². The third-order valence-electron chi connectivity index (χ3n) is 4.51. The van der Waals surface area contributed by atoms with Gasteiger partial charge in [0.05, 0.1) is 11.4 Å². The van der Waals surface area contributed by atoms with E-state index in [1.54, 1.807) is 18.2 Å². The van der Waals surface area contributed by atoms with Crippen LogP contribution in [0.15, 0.2) is 48.9 Å². The van der Waals surface area contributed by atoms with Gasteiger partial charge >= 0.3 is 0 Å². The van der Waals surface area contributed by atoms with E-state index in [0.29, 0.717) is 35.8 Å². The Bertz CT molecular complexity index is 1150. The molecule has 3 aromatic heterocycles. The maximum atomic E-state index is 13.2. The van der Waals surface area contributed by atoms with Crippen LogP contribution < -0.4 is 5.32 Å². The summed E-state index contributed by atoms with van der Waals surface area (Å²) in [4.78, 5) is 21.3. The van der Waals surface area contributed by atoms with Gasteiger partial charge in [0.25, 0.3) is 11.7 Å². The summed E-state index contributed by atoms with van der Waals surface area (Å²) in [5, 5.41) is 11.4. The summed E-state index contributed by atoms with van der Waals surface area (Å²) in [5.41, 5.74) is 2.48. The quantitative estimate of drug-likeness (QED) is 0.544. The SMILES string of the molecule is Cc1ccn(CC(C)CNC(=O)c2cc(-c3ccc(F)cc3)nc3ncnn23)n1. The number of hydrogen-bond acceptors (Lipinski definition) is 5. The predicted molar refractivity (Wildman–Crippen MR) is 105 cm³/mol. The van der Waals surface area contributed by atoms with Crippen molar-refractivity contribution in [3.8, 4) is 11.3 Å². The number of benzene rings is 1. The molecule has 8 nitrogen and oxygen atoms in total. The average molecular weight is 393 g/mol. The lowest BCUT2D eigenvalue weighted by Crippen LogP contribution is -2.31. The van der Waals surface area contributed by atoms with Crippen LogP contribution in [0, 0.1) is 18.7 Å². The lowest BCUT2D eigenvalue weighted by atomic mass is 10.1. The Morgan fingerprint density at radius 2 is 2.03 bits per heavy atom. The molecule has 4 rings (SSSR count). The van der Waals surface area contributed by atoms with E-state index >= 15 is 0 Å². The number of nitrogens with zero attached hydrogens (tertiary/aromatic N) is 6. The molecule has 1 N–H and O–H groups in total. The van der Waals surface area contributed by atoms with Gasteiger partial charge in [-0.15, -0.1) is 0 Å². The molecule has 29 heavy (non-hydrogen) atoms. The van der Waals surface area contributed by atoms with Crippen LogP contribution in [0.5, 0.6) is 0 Å². The number of aromatic nitrogens is 6. The number of rotatable bonds is 6. The zero-order valence-electron chi connectivity index (χ0n) is 16.1. The summed E-state index contributed by atoms with van der Waals surface area (Å²) in [6.07, 6.45) is 3.26. The van der Waals surface area contributed by atoms with Crippen LogP contribution in [-0.4, -0.2) is 41.8 Å². The second kappa shape index (κ2) is 7.78. The van der Waals surface area contributed by atoms with Crippen LogP contribution in [0.1, 0.15) is 23.1 Å². The number of amides is 1. The normalized spacial score (nSPS) is 12.2. The van der Waals surface area contributed by atoms with Gasteiger partial charge in [-0.1, -0.05) is 6.92 Å². The van der Waals surface area contributed by atoms with Gasteiger partial charge < -0.3 is 5.32 Å². The zero-order valence-corrected chi connectivity index (χ0v) is 16.1. The molecule has 0 saturated carbocycles. The maximum absolute atomic E-state index is 13.2. The standard InChI is InChI=1S/C20H20FN7O/c1-13(11-27-8-7-14(2)26-27)10-22-19(29)18-9-17(15-3-5-16(21)6-4-15)25-20-23-12-24-28(18)20/h3-9,12-13H,10-11H2,1-2H3,(H,22,29). The summed E-state index contributed by atoms with van der Waals surface area (Å²) in [5.74, 6) is -0.133. The van der Waals surface area contributed by atoms with Crippen molar-refractivity contribution < 1.29 is 9.18 Å². The highest BCUT2D eigenvalue weighted by Crippen LogP contribution is 2.19. The van der Waals surface area contributed by atoms with Gasteiger partial charge in [-0.2, -0.15) is 19.7 Å². The van der Waals surface area contributed by atoms with E-state index in [1.165, 1.54) is 23.0 Å². The Labute approximate surface area is 166 Å². The Morgan fingerprint density at radius 3 is 2.76 bits per heavy atom. The van der Waals surface area contributed by atoms with Crippen LogP contribution in [0.3, 0.4) is 0 Å². The fraction of sp³-hybridized carbons (Fsp3) is 0.250. The van der Waals surface area contributed by atoms with Crippen molar-refractivity contribution in [2.24, 2.45) is 5.92 Å².